The highest BCUT2D eigenvalue weighted by molar-refractivity contribution is 6.29. The van der Waals surface area contributed by atoms with E-state index < -0.39 is 12.6 Å². The van der Waals surface area contributed by atoms with Crippen molar-refractivity contribution in [2.75, 3.05) is 13.7 Å². The number of ether oxygens (including phenoxy) is 1. The van der Waals surface area contributed by atoms with Crippen LogP contribution < -0.4 is 4.74 Å². The summed E-state index contributed by atoms with van der Waals surface area (Å²) >= 11 is 5.65. The molecule has 0 saturated carbocycles. The second-order valence-electron chi connectivity index (χ2n) is 4.59. The molecule has 1 amide bonds. The van der Waals surface area contributed by atoms with Gasteiger partial charge in [-0.1, -0.05) is 12.1 Å². The first-order chi connectivity index (χ1) is 10.5. The molecule has 0 aliphatic carbocycles. The molecule has 1 aromatic carbocycles. The first-order valence-corrected chi connectivity index (χ1v) is 6.78. The normalized spacial score (nSPS) is 10.3. The van der Waals surface area contributed by atoms with E-state index in [0.29, 0.717) is 12.3 Å². The Bertz CT molecular complexity index is 665. The summed E-state index contributed by atoms with van der Waals surface area (Å²) in [6.45, 7) is -0.0205. The molecule has 22 heavy (non-hydrogen) atoms. The van der Waals surface area contributed by atoms with Crippen molar-refractivity contribution in [1.82, 2.24) is 4.90 Å². The molecule has 1 N–H and O–H groups in total. The lowest BCUT2D eigenvalue weighted by atomic mass is 10.2. The van der Waals surface area contributed by atoms with Gasteiger partial charge in [-0.05, 0) is 41.4 Å². The molecule has 0 saturated heterocycles. The highest BCUT2D eigenvalue weighted by atomic mass is 35.5. The molecule has 0 bridgehead atoms. The van der Waals surface area contributed by atoms with Gasteiger partial charge < -0.3 is 19.2 Å². The van der Waals surface area contributed by atoms with Crippen LogP contribution in [0.15, 0.2) is 40.8 Å². The number of carbonyl (C=O) groups excluding carboxylic acids is 1. The van der Waals surface area contributed by atoms with Crippen LogP contribution in [0.5, 0.6) is 5.75 Å². The molecule has 2 aromatic rings. The van der Waals surface area contributed by atoms with Crippen LogP contribution in [0.25, 0.3) is 0 Å². The number of aliphatic carboxylic acids is 1. The van der Waals surface area contributed by atoms with Gasteiger partial charge in [0.25, 0.3) is 5.91 Å². The Morgan fingerprint density at radius 1 is 1.23 bits per heavy atom. The van der Waals surface area contributed by atoms with Crippen LogP contribution in [-0.2, 0) is 11.3 Å². The highest BCUT2D eigenvalue weighted by Crippen LogP contribution is 2.17. The van der Waals surface area contributed by atoms with Crippen molar-refractivity contribution in [2.45, 2.75) is 6.54 Å². The van der Waals surface area contributed by atoms with Gasteiger partial charge >= 0.3 is 5.97 Å². The minimum Gasteiger partial charge on any atom is -0.482 e. The fourth-order valence-electron chi connectivity index (χ4n) is 1.80. The molecule has 2 rings (SSSR count). The Morgan fingerprint density at radius 2 is 1.91 bits per heavy atom. The van der Waals surface area contributed by atoms with Gasteiger partial charge in [-0.3, -0.25) is 4.79 Å². The number of halogens is 1. The summed E-state index contributed by atoms with van der Waals surface area (Å²) in [5, 5.41) is 8.70. The zero-order valence-electron chi connectivity index (χ0n) is 11.8. The van der Waals surface area contributed by atoms with Crippen molar-refractivity contribution in [3.05, 3.63) is 52.9 Å². The molecule has 0 radical (unpaired) electrons. The smallest absolute Gasteiger partial charge is 0.341 e. The molecule has 0 spiro atoms. The molecule has 6 nitrogen and oxygen atoms in total. The summed E-state index contributed by atoms with van der Waals surface area (Å²) in [5.41, 5.74) is 0.871. The predicted octanol–water partition coefficient (Wildman–Crippen LogP) is 2.67. The standard InChI is InChI=1S/C15H14ClNO5/c1-17(15(20)12-6-7-13(16)22-12)8-10-2-4-11(5-3-10)21-9-14(18)19/h2-7H,8-9H2,1H3,(H,18,19). The topological polar surface area (TPSA) is 80.0 Å². The maximum absolute atomic E-state index is 12.1. The number of hydrogen-bond acceptors (Lipinski definition) is 4. The van der Waals surface area contributed by atoms with E-state index in [0.717, 1.165) is 5.56 Å². The number of rotatable bonds is 6. The Kier molecular flexibility index (Phi) is 5.06. The van der Waals surface area contributed by atoms with Crippen LogP contribution in [0.2, 0.25) is 5.22 Å². The van der Waals surface area contributed by atoms with Gasteiger partial charge in [0.05, 0.1) is 0 Å². The molecule has 0 atom stereocenters. The first-order valence-electron chi connectivity index (χ1n) is 6.40. The van der Waals surface area contributed by atoms with Gasteiger partial charge in [-0.25, -0.2) is 4.79 Å². The summed E-state index contributed by atoms with van der Waals surface area (Å²) in [6, 6.07) is 9.86. The van der Waals surface area contributed by atoms with Gasteiger partial charge in [0.2, 0.25) is 0 Å². The van der Waals surface area contributed by atoms with Crippen molar-refractivity contribution >= 4 is 23.5 Å². The monoisotopic (exact) mass is 323 g/mol. The van der Waals surface area contributed by atoms with Crippen LogP contribution >= 0.6 is 11.6 Å². The second kappa shape index (κ2) is 7.00. The summed E-state index contributed by atoms with van der Waals surface area (Å²) in [5.74, 6) is -0.684. The number of hydrogen-bond donors (Lipinski definition) is 1. The van der Waals surface area contributed by atoms with Gasteiger partial charge in [-0.2, -0.15) is 0 Å². The largest absolute Gasteiger partial charge is 0.482 e. The maximum Gasteiger partial charge on any atom is 0.341 e. The van der Waals surface area contributed by atoms with Gasteiger partial charge in [0.1, 0.15) is 5.75 Å². The number of carbonyl (C=O) groups is 2. The molecule has 0 fully saturated rings. The average molecular weight is 324 g/mol. The van der Waals surface area contributed by atoms with Crippen LogP contribution in [-0.4, -0.2) is 35.5 Å². The van der Waals surface area contributed by atoms with E-state index in [-0.39, 0.29) is 16.9 Å². The van der Waals surface area contributed by atoms with Gasteiger partial charge in [0, 0.05) is 13.6 Å². The van der Waals surface area contributed by atoms with E-state index in [1.54, 1.807) is 31.3 Å². The summed E-state index contributed by atoms with van der Waals surface area (Å²) in [4.78, 5) is 24.0. The fourth-order valence-corrected chi connectivity index (χ4v) is 1.95. The van der Waals surface area contributed by atoms with Crippen LogP contribution in [0, 0.1) is 0 Å². The molecule has 0 aliphatic rings. The Balaban J connectivity index is 1.95. The minimum absolute atomic E-state index is 0.164. The third-order valence-electron chi connectivity index (χ3n) is 2.84. The lowest BCUT2D eigenvalue weighted by Crippen LogP contribution is -2.25. The number of nitrogens with zero attached hydrogens (tertiary/aromatic N) is 1. The van der Waals surface area contributed by atoms with Crippen molar-refractivity contribution in [3.63, 3.8) is 0 Å². The lowest BCUT2D eigenvalue weighted by molar-refractivity contribution is -0.139. The van der Waals surface area contributed by atoms with Crippen molar-refractivity contribution in [3.8, 4) is 5.75 Å². The Labute approximate surface area is 131 Å². The maximum atomic E-state index is 12.1. The number of benzene rings is 1. The molecule has 1 heterocycles. The molecular formula is C15H14ClNO5. The van der Waals surface area contributed by atoms with Crippen LogP contribution in [0.4, 0.5) is 0 Å². The first kappa shape index (κ1) is 15.9. The second-order valence-corrected chi connectivity index (χ2v) is 4.96. The number of furan rings is 1. The summed E-state index contributed by atoms with van der Waals surface area (Å²) < 4.78 is 10.1. The molecular weight excluding hydrogens is 310 g/mol. The molecule has 1 aromatic heterocycles. The third-order valence-corrected chi connectivity index (χ3v) is 3.04. The van der Waals surface area contributed by atoms with Crippen LogP contribution in [0.1, 0.15) is 16.1 Å². The van der Waals surface area contributed by atoms with Crippen molar-refractivity contribution in [2.24, 2.45) is 0 Å². The summed E-state index contributed by atoms with van der Waals surface area (Å²) in [7, 11) is 1.65. The Morgan fingerprint density at radius 3 is 2.45 bits per heavy atom. The molecule has 0 aliphatic heterocycles. The van der Waals surface area contributed by atoms with E-state index in [9.17, 15) is 9.59 Å². The van der Waals surface area contributed by atoms with E-state index in [4.69, 9.17) is 25.9 Å². The molecule has 116 valence electrons. The average Bonchev–Trinajstić information content (AvgIpc) is 2.92. The minimum atomic E-state index is -1.04. The zero-order valence-corrected chi connectivity index (χ0v) is 12.5. The van der Waals surface area contributed by atoms with Gasteiger partial charge in [0.15, 0.2) is 17.6 Å². The quantitative estimate of drug-likeness (QED) is 0.884. The zero-order chi connectivity index (χ0) is 16.1. The predicted molar refractivity (Wildman–Crippen MR) is 79.1 cm³/mol. The van der Waals surface area contributed by atoms with Gasteiger partial charge in [-0.15, -0.1) is 0 Å². The van der Waals surface area contributed by atoms with Crippen molar-refractivity contribution in [1.29, 1.82) is 0 Å². The number of carboxylic acid groups (broad SMARTS) is 1. The molecule has 7 heteroatoms. The third kappa shape index (κ3) is 4.26. The number of amides is 1. The van der Waals surface area contributed by atoms with Crippen molar-refractivity contribution < 1.29 is 23.8 Å². The van der Waals surface area contributed by atoms with E-state index in [1.165, 1.54) is 17.0 Å². The fraction of sp³-hybridized carbons (Fsp3) is 0.200. The summed E-state index contributed by atoms with van der Waals surface area (Å²) in [6.07, 6.45) is 0. The molecule has 0 unspecified atom stereocenters. The van der Waals surface area contributed by atoms with Crippen LogP contribution in [0.3, 0.4) is 0 Å². The number of carboxylic acids is 1. The SMILES string of the molecule is CN(Cc1ccc(OCC(=O)O)cc1)C(=O)c1ccc(Cl)o1. The lowest BCUT2D eigenvalue weighted by Gasteiger charge is -2.16. The Hall–Kier alpha value is -2.47. The van der Waals surface area contributed by atoms with E-state index in [2.05, 4.69) is 0 Å². The highest BCUT2D eigenvalue weighted by Gasteiger charge is 2.15. The van der Waals surface area contributed by atoms with E-state index >= 15 is 0 Å². The van der Waals surface area contributed by atoms with E-state index in [1.807, 2.05) is 0 Å².